The SMILES string of the molecule is CN=C(NCc1ccc(C(=O)NCC(N)=O)cc1)NCC1CCCO1.I. The lowest BCUT2D eigenvalue weighted by molar-refractivity contribution is -0.117. The lowest BCUT2D eigenvalue weighted by Gasteiger charge is -2.15. The Kier molecular flexibility index (Phi) is 9.96. The second-order valence-corrected chi connectivity index (χ2v) is 5.79. The third kappa shape index (κ3) is 7.56. The van der Waals surface area contributed by atoms with Crippen molar-refractivity contribution < 1.29 is 14.3 Å². The number of primary amides is 1. The number of guanidine groups is 1. The van der Waals surface area contributed by atoms with Crippen LogP contribution in [0.2, 0.25) is 0 Å². The number of halogens is 1. The Morgan fingerprint density at radius 3 is 2.54 bits per heavy atom. The molecule has 26 heavy (non-hydrogen) atoms. The van der Waals surface area contributed by atoms with Gasteiger partial charge in [0.2, 0.25) is 5.91 Å². The van der Waals surface area contributed by atoms with E-state index in [0.29, 0.717) is 18.1 Å². The molecule has 1 aromatic carbocycles. The number of benzene rings is 1. The summed E-state index contributed by atoms with van der Waals surface area (Å²) < 4.78 is 5.57. The van der Waals surface area contributed by atoms with E-state index in [1.54, 1.807) is 19.2 Å². The minimum atomic E-state index is -0.573. The molecule has 0 aliphatic carbocycles. The summed E-state index contributed by atoms with van der Waals surface area (Å²) in [6, 6.07) is 7.10. The molecule has 5 N–H and O–H groups in total. The van der Waals surface area contributed by atoms with Gasteiger partial charge in [-0.05, 0) is 30.5 Å². The zero-order valence-electron chi connectivity index (χ0n) is 14.8. The summed E-state index contributed by atoms with van der Waals surface area (Å²) in [5, 5.41) is 8.92. The summed E-state index contributed by atoms with van der Waals surface area (Å²) >= 11 is 0. The van der Waals surface area contributed by atoms with E-state index >= 15 is 0 Å². The lowest BCUT2D eigenvalue weighted by Crippen LogP contribution is -2.40. The highest BCUT2D eigenvalue weighted by atomic mass is 127. The summed E-state index contributed by atoms with van der Waals surface area (Å²) in [6.07, 6.45) is 2.43. The molecule has 1 unspecified atom stereocenters. The van der Waals surface area contributed by atoms with E-state index in [1.807, 2.05) is 12.1 Å². The summed E-state index contributed by atoms with van der Waals surface area (Å²) in [6.45, 7) is 1.97. The van der Waals surface area contributed by atoms with Gasteiger partial charge in [-0.3, -0.25) is 14.6 Å². The van der Waals surface area contributed by atoms with Crippen LogP contribution in [0.3, 0.4) is 0 Å². The van der Waals surface area contributed by atoms with Gasteiger partial charge in [-0.1, -0.05) is 12.1 Å². The number of hydrogen-bond acceptors (Lipinski definition) is 4. The lowest BCUT2D eigenvalue weighted by atomic mass is 10.1. The summed E-state index contributed by atoms with van der Waals surface area (Å²) in [4.78, 5) is 26.7. The molecule has 144 valence electrons. The predicted octanol–water partition coefficient (Wildman–Crippen LogP) is 0.364. The first-order valence-electron chi connectivity index (χ1n) is 8.30. The maximum atomic E-state index is 11.8. The standard InChI is InChI=1S/C17H25N5O3.HI/c1-19-17(22-10-14-3-2-8-25-14)21-9-12-4-6-13(7-5-12)16(24)20-11-15(18)23;/h4-7,14H,2-3,8-11H2,1H3,(H2,18,23)(H,20,24)(H2,19,21,22);1H. The van der Waals surface area contributed by atoms with Crippen molar-refractivity contribution in [1.82, 2.24) is 16.0 Å². The molecule has 9 heteroatoms. The Bertz CT molecular complexity index is 615. The average molecular weight is 475 g/mol. The third-order valence-corrected chi connectivity index (χ3v) is 3.84. The van der Waals surface area contributed by atoms with Crippen molar-refractivity contribution >= 4 is 41.8 Å². The number of ether oxygens (including phenoxy) is 1. The number of nitrogens with zero attached hydrogens (tertiary/aromatic N) is 1. The average Bonchev–Trinajstić information content (AvgIpc) is 3.14. The van der Waals surface area contributed by atoms with E-state index in [4.69, 9.17) is 10.5 Å². The van der Waals surface area contributed by atoms with Gasteiger partial charge in [-0.25, -0.2) is 0 Å². The Morgan fingerprint density at radius 1 is 1.23 bits per heavy atom. The molecule has 1 aliphatic rings. The highest BCUT2D eigenvalue weighted by Gasteiger charge is 2.15. The minimum Gasteiger partial charge on any atom is -0.376 e. The van der Waals surface area contributed by atoms with Crippen LogP contribution in [-0.4, -0.2) is 50.6 Å². The maximum absolute atomic E-state index is 11.8. The molecule has 1 heterocycles. The fourth-order valence-electron chi connectivity index (χ4n) is 2.47. The maximum Gasteiger partial charge on any atom is 0.251 e. The van der Waals surface area contributed by atoms with E-state index in [9.17, 15) is 9.59 Å². The molecule has 0 aromatic heterocycles. The molecule has 8 nitrogen and oxygen atoms in total. The number of nitrogens with one attached hydrogen (secondary N) is 3. The molecule has 0 bridgehead atoms. The van der Waals surface area contributed by atoms with Gasteiger partial charge in [-0.2, -0.15) is 0 Å². The second-order valence-electron chi connectivity index (χ2n) is 5.79. The quantitative estimate of drug-likeness (QED) is 0.258. The molecular formula is C17H26IN5O3. The molecule has 1 aromatic rings. The minimum absolute atomic E-state index is 0. The van der Waals surface area contributed by atoms with Crippen LogP contribution in [0.1, 0.15) is 28.8 Å². The Morgan fingerprint density at radius 2 is 1.96 bits per heavy atom. The van der Waals surface area contributed by atoms with Gasteiger partial charge in [0.05, 0.1) is 12.6 Å². The van der Waals surface area contributed by atoms with Crippen molar-refractivity contribution in [2.45, 2.75) is 25.5 Å². The normalized spacial score (nSPS) is 16.5. The van der Waals surface area contributed by atoms with Crippen molar-refractivity contribution in [3.63, 3.8) is 0 Å². The fourth-order valence-corrected chi connectivity index (χ4v) is 2.47. The van der Waals surface area contributed by atoms with Crippen LogP contribution in [0.15, 0.2) is 29.3 Å². The van der Waals surface area contributed by atoms with Gasteiger partial charge in [0.25, 0.3) is 5.91 Å². The Hall–Kier alpha value is -1.88. The fraction of sp³-hybridized carbons (Fsp3) is 0.471. The highest BCUT2D eigenvalue weighted by molar-refractivity contribution is 14.0. The number of hydrogen-bond donors (Lipinski definition) is 4. The first kappa shape index (κ1) is 22.2. The van der Waals surface area contributed by atoms with Gasteiger partial charge < -0.3 is 26.4 Å². The van der Waals surface area contributed by atoms with Gasteiger partial charge in [0.1, 0.15) is 0 Å². The number of carbonyl (C=O) groups excluding carboxylic acids is 2. The van der Waals surface area contributed by atoms with Crippen LogP contribution in [0.4, 0.5) is 0 Å². The van der Waals surface area contributed by atoms with Gasteiger partial charge in [0, 0.05) is 32.3 Å². The first-order chi connectivity index (χ1) is 12.1. The molecule has 0 radical (unpaired) electrons. The van der Waals surface area contributed by atoms with Crippen LogP contribution in [0, 0.1) is 0 Å². The molecular weight excluding hydrogens is 449 g/mol. The van der Waals surface area contributed by atoms with Crippen LogP contribution in [-0.2, 0) is 16.1 Å². The molecule has 0 spiro atoms. The number of rotatable bonds is 7. The van der Waals surface area contributed by atoms with Crippen LogP contribution in [0.25, 0.3) is 0 Å². The van der Waals surface area contributed by atoms with E-state index in [2.05, 4.69) is 20.9 Å². The zero-order chi connectivity index (χ0) is 18.1. The number of nitrogens with two attached hydrogens (primary N) is 1. The van der Waals surface area contributed by atoms with Crippen LogP contribution in [0.5, 0.6) is 0 Å². The van der Waals surface area contributed by atoms with Crippen molar-refractivity contribution in [2.24, 2.45) is 10.7 Å². The van der Waals surface area contributed by atoms with Crippen LogP contribution >= 0.6 is 24.0 Å². The van der Waals surface area contributed by atoms with Crippen molar-refractivity contribution in [1.29, 1.82) is 0 Å². The van der Waals surface area contributed by atoms with Crippen molar-refractivity contribution in [3.8, 4) is 0 Å². The molecule has 1 atom stereocenters. The van der Waals surface area contributed by atoms with Gasteiger partial charge in [-0.15, -0.1) is 24.0 Å². The number of amides is 2. The highest BCUT2D eigenvalue weighted by Crippen LogP contribution is 2.10. The number of carbonyl (C=O) groups is 2. The molecule has 1 saturated heterocycles. The summed E-state index contributed by atoms with van der Waals surface area (Å²) in [5.74, 6) is -0.192. The third-order valence-electron chi connectivity index (χ3n) is 3.84. The zero-order valence-corrected chi connectivity index (χ0v) is 17.1. The first-order valence-corrected chi connectivity index (χ1v) is 8.30. The molecule has 2 amide bonds. The molecule has 1 fully saturated rings. The smallest absolute Gasteiger partial charge is 0.251 e. The van der Waals surface area contributed by atoms with E-state index in [1.165, 1.54) is 0 Å². The Labute approximate surface area is 170 Å². The largest absolute Gasteiger partial charge is 0.376 e. The van der Waals surface area contributed by atoms with E-state index < -0.39 is 5.91 Å². The van der Waals surface area contributed by atoms with Crippen molar-refractivity contribution in [3.05, 3.63) is 35.4 Å². The predicted molar refractivity (Wildman–Crippen MR) is 111 cm³/mol. The molecule has 0 saturated carbocycles. The van der Waals surface area contributed by atoms with Gasteiger partial charge in [0.15, 0.2) is 5.96 Å². The monoisotopic (exact) mass is 475 g/mol. The van der Waals surface area contributed by atoms with Crippen molar-refractivity contribution in [2.75, 3.05) is 26.7 Å². The summed E-state index contributed by atoms with van der Waals surface area (Å²) in [7, 11) is 1.72. The number of aliphatic imine (C=N–C) groups is 1. The molecule has 2 rings (SSSR count). The topological polar surface area (TPSA) is 118 Å². The second kappa shape index (κ2) is 11.7. The van der Waals surface area contributed by atoms with E-state index in [0.717, 1.165) is 31.6 Å². The molecule has 1 aliphatic heterocycles. The summed E-state index contributed by atoms with van der Waals surface area (Å²) in [5.41, 5.74) is 6.49. The van der Waals surface area contributed by atoms with Crippen LogP contribution < -0.4 is 21.7 Å². The Balaban J connectivity index is 0.00000338. The van der Waals surface area contributed by atoms with Gasteiger partial charge >= 0.3 is 0 Å². The van der Waals surface area contributed by atoms with E-state index in [-0.39, 0.29) is 42.5 Å².